The minimum Gasteiger partial charge on any atom is -0.493 e. The highest BCUT2D eigenvalue weighted by molar-refractivity contribution is 5.78. The SMILES string of the molecule is COc1cc(CN2CCc3nnc(CCNC(=O)Cc4ccc(F)cc4)n3CC2)cc(OC)c1OC. The lowest BCUT2D eigenvalue weighted by atomic mass is 10.1. The van der Waals surface area contributed by atoms with Crippen LogP contribution in [-0.4, -0.2) is 66.5 Å². The van der Waals surface area contributed by atoms with Crippen molar-refractivity contribution in [3.8, 4) is 17.2 Å². The normalized spacial score (nSPS) is 13.6. The molecule has 0 atom stereocenters. The molecule has 0 unspecified atom stereocenters. The zero-order valence-electron chi connectivity index (χ0n) is 20.9. The molecule has 1 N–H and O–H groups in total. The first kappa shape index (κ1) is 25.4. The van der Waals surface area contributed by atoms with E-state index in [4.69, 9.17) is 14.2 Å². The van der Waals surface area contributed by atoms with Crippen LogP contribution in [0.25, 0.3) is 0 Å². The Morgan fingerprint density at radius 2 is 1.69 bits per heavy atom. The van der Waals surface area contributed by atoms with Crippen molar-refractivity contribution in [2.75, 3.05) is 41.0 Å². The quantitative estimate of drug-likeness (QED) is 0.460. The van der Waals surface area contributed by atoms with Crippen molar-refractivity contribution in [2.45, 2.75) is 32.4 Å². The van der Waals surface area contributed by atoms with E-state index >= 15 is 0 Å². The first-order valence-corrected chi connectivity index (χ1v) is 11.9. The summed E-state index contributed by atoms with van der Waals surface area (Å²) in [6.45, 7) is 3.66. The van der Waals surface area contributed by atoms with E-state index in [1.807, 2.05) is 12.1 Å². The molecule has 0 saturated carbocycles. The molecule has 1 aromatic heterocycles. The summed E-state index contributed by atoms with van der Waals surface area (Å²) in [5.74, 6) is 3.27. The molecule has 36 heavy (non-hydrogen) atoms. The van der Waals surface area contributed by atoms with Gasteiger partial charge in [0.1, 0.15) is 17.5 Å². The standard InChI is InChI=1S/C26H32FN5O4/c1-34-21-14-19(15-22(35-2)26(21)36-3)17-31-11-9-24-30-29-23(32(24)13-12-31)8-10-28-25(33)16-18-4-6-20(27)7-5-18/h4-7,14-15H,8-13,16-17H2,1-3H3,(H,28,33). The van der Waals surface area contributed by atoms with Gasteiger partial charge in [-0.05, 0) is 35.4 Å². The zero-order chi connectivity index (χ0) is 25.5. The molecule has 0 spiro atoms. The van der Waals surface area contributed by atoms with Crippen LogP contribution in [-0.2, 0) is 37.1 Å². The molecule has 1 aliphatic heterocycles. The van der Waals surface area contributed by atoms with Gasteiger partial charge in [-0.3, -0.25) is 9.69 Å². The lowest BCUT2D eigenvalue weighted by molar-refractivity contribution is -0.120. The van der Waals surface area contributed by atoms with Crippen molar-refractivity contribution in [1.82, 2.24) is 25.0 Å². The molecule has 0 aliphatic carbocycles. The molecule has 3 aromatic rings. The summed E-state index contributed by atoms with van der Waals surface area (Å²) in [6.07, 6.45) is 1.59. The van der Waals surface area contributed by atoms with Crippen LogP contribution in [0.4, 0.5) is 4.39 Å². The van der Waals surface area contributed by atoms with Crippen molar-refractivity contribution < 1.29 is 23.4 Å². The second kappa shape index (κ2) is 11.9. The van der Waals surface area contributed by atoms with Gasteiger partial charge in [-0.2, -0.15) is 0 Å². The third kappa shape index (κ3) is 6.12. The van der Waals surface area contributed by atoms with Crippen LogP contribution in [0.1, 0.15) is 22.8 Å². The Labute approximate surface area is 210 Å². The molecule has 2 heterocycles. The van der Waals surface area contributed by atoms with Crippen molar-refractivity contribution in [2.24, 2.45) is 0 Å². The van der Waals surface area contributed by atoms with Crippen LogP contribution < -0.4 is 19.5 Å². The number of rotatable bonds is 10. The van der Waals surface area contributed by atoms with E-state index in [1.54, 1.807) is 33.5 Å². The van der Waals surface area contributed by atoms with Gasteiger partial charge in [-0.15, -0.1) is 10.2 Å². The predicted octanol–water partition coefficient (Wildman–Crippen LogP) is 2.40. The Kier molecular flexibility index (Phi) is 8.37. The Balaban J connectivity index is 1.31. The molecule has 0 radical (unpaired) electrons. The number of hydrogen-bond acceptors (Lipinski definition) is 7. The van der Waals surface area contributed by atoms with Crippen LogP contribution in [0.3, 0.4) is 0 Å². The second-order valence-electron chi connectivity index (χ2n) is 8.65. The molecule has 10 heteroatoms. The zero-order valence-corrected chi connectivity index (χ0v) is 20.9. The summed E-state index contributed by atoms with van der Waals surface area (Å²) in [4.78, 5) is 14.6. The number of aromatic nitrogens is 3. The molecule has 4 rings (SSSR count). The summed E-state index contributed by atoms with van der Waals surface area (Å²) in [5, 5.41) is 11.7. The number of carbonyl (C=O) groups excluding carboxylic acids is 1. The van der Waals surface area contributed by atoms with Crippen LogP contribution in [0.2, 0.25) is 0 Å². The van der Waals surface area contributed by atoms with E-state index in [9.17, 15) is 9.18 Å². The number of halogens is 1. The maximum Gasteiger partial charge on any atom is 0.224 e. The Hall–Kier alpha value is -3.66. The maximum absolute atomic E-state index is 13.0. The van der Waals surface area contributed by atoms with Gasteiger partial charge in [0, 0.05) is 45.6 Å². The van der Waals surface area contributed by atoms with Crippen molar-refractivity contribution in [1.29, 1.82) is 0 Å². The first-order valence-electron chi connectivity index (χ1n) is 11.9. The number of hydrogen-bond donors (Lipinski definition) is 1. The van der Waals surface area contributed by atoms with E-state index in [2.05, 4.69) is 25.0 Å². The summed E-state index contributed by atoms with van der Waals surface area (Å²) >= 11 is 0. The monoisotopic (exact) mass is 497 g/mol. The Morgan fingerprint density at radius 3 is 2.36 bits per heavy atom. The van der Waals surface area contributed by atoms with Crippen LogP contribution in [0.15, 0.2) is 36.4 Å². The third-order valence-electron chi connectivity index (χ3n) is 6.27. The molecule has 1 aliphatic rings. The summed E-state index contributed by atoms with van der Waals surface area (Å²) in [6, 6.07) is 9.92. The van der Waals surface area contributed by atoms with Crippen molar-refractivity contribution in [3.05, 3.63) is 65.0 Å². The Bertz CT molecular complexity index is 1160. The lowest BCUT2D eigenvalue weighted by Crippen LogP contribution is -2.28. The predicted molar refractivity (Wildman–Crippen MR) is 132 cm³/mol. The number of fused-ring (bicyclic) bond motifs is 1. The molecule has 192 valence electrons. The highest BCUT2D eigenvalue weighted by Gasteiger charge is 2.20. The van der Waals surface area contributed by atoms with Gasteiger partial charge >= 0.3 is 0 Å². The number of ether oxygens (including phenoxy) is 3. The van der Waals surface area contributed by atoms with Crippen molar-refractivity contribution >= 4 is 5.91 Å². The molecule has 0 fully saturated rings. The highest BCUT2D eigenvalue weighted by Crippen LogP contribution is 2.38. The van der Waals surface area contributed by atoms with Crippen LogP contribution >= 0.6 is 0 Å². The molecular weight excluding hydrogens is 465 g/mol. The molecule has 2 aromatic carbocycles. The number of benzene rings is 2. The van der Waals surface area contributed by atoms with Gasteiger partial charge in [0.15, 0.2) is 11.5 Å². The fourth-order valence-electron chi connectivity index (χ4n) is 4.42. The van der Waals surface area contributed by atoms with Gasteiger partial charge < -0.3 is 24.1 Å². The molecule has 0 saturated heterocycles. The van der Waals surface area contributed by atoms with Gasteiger partial charge in [-0.1, -0.05) is 12.1 Å². The third-order valence-corrected chi connectivity index (χ3v) is 6.27. The minimum atomic E-state index is -0.311. The topological polar surface area (TPSA) is 90.7 Å². The number of amides is 1. The van der Waals surface area contributed by atoms with E-state index in [0.717, 1.165) is 55.4 Å². The maximum atomic E-state index is 13.0. The fourth-order valence-corrected chi connectivity index (χ4v) is 4.42. The number of nitrogens with one attached hydrogen (secondary N) is 1. The van der Waals surface area contributed by atoms with Gasteiger partial charge in [0.25, 0.3) is 0 Å². The second-order valence-corrected chi connectivity index (χ2v) is 8.65. The fraction of sp³-hybridized carbons (Fsp3) is 0.423. The van der Waals surface area contributed by atoms with E-state index < -0.39 is 0 Å². The van der Waals surface area contributed by atoms with Crippen LogP contribution in [0, 0.1) is 5.82 Å². The Morgan fingerprint density at radius 1 is 0.972 bits per heavy atom. The smallest absolute Gasteiger partial charge is 0.224 e. The van der Waals surface area contributed by atoms with Gasteiger partial charge in [-0.25, -0.2) is 4.39 Å². The molecule has 9 nitrogen and oxygen atoms in total. The minimum absolute atomic E-state index is 0.103. The van der Waals surface area contributed by atoms with Crippen molar-refractivity contribution in [3.63, 3.8) is 0 Å². The van der Waals surface area contributed by atoms with Gasteiger partial charge in [0.2, 0.25) is 11.7 Å². The summed E-state index contributed by atoms with van der Waals surface area (Å²) in [7, 11) is 4.83. The molecule has 0 bridgehead atoms. The number of nitrogens with zero attached hydrogens (tertiary/aromatic N) is 4. The van der Waals surface area contributed by atoms with Gasteiger partial charge in [0.05, 0.1) is 27.8 Å². The summed E-state index contributed by atoms with van der Waals surface area (Å²) < 4.78 is 31.6. The van der Waals surface area contributed by atoms with Crippen LogP contribution in [0.5, 0.6) is 17.2 Å². The lowest BCUT2D eigenvalue weighted by Gasteiger charge is -2.21. The van der Waals surface area contributed by atoms with E-state index in [-0.39, 0.29) is 18.1 Å². The van der Waals surface area contributed by atoms with E-state index in [0.29, 0.717) is 30.2 Å². The number of carbonyl (C=O) groups is 1. The first-order chi connectivity index (χ1) is 17.5. The molecule has 1 amide bonds. The van der Waals surface area contributed by atoms with E-state index in [1.165, 1.54) is 12.1 Å². The highest BCUT2D eigenvalue weighted by atomic mass is 19.1. The average molecular weight is 498 g/mol. The summed E-state index contributed by atoms with van der Waals surface area (Å²) in [5.41, 5.74) is 1.85. The largest absolute Gasteiger partial charge is 0.493 e. The average Bonchev–Trinajstić information content (AvgIpc) is 3.16. The number of methoxy groups -OCH3 is 3. The molecular formula is C26H32FN5O4.